The lowest BCUT2D eigenvalue weighted by molar-refractivity contribution is -0.228. The molecule has 2 bridgehead atoms. The van der Waals surface area contributed by atoms with Crippen molar-refractivity contribution in [3.63, 3.8) is 0 Å². The van der Waals surface area contributed by atoms with Gasteiger partial charge in [-0.15, -0.1) is 0 Å². The highest BCUT2D eigenvalue weighted by Gasteiger charge is 2.80. The van der Waals surface area contributed by atoms with Gasteiger partial charge in [-0.1, -0.05) is 48.9 Å². The van der Waals surface area contributed by atoms with Crippen LogP contribution in [0.25, 0.3) is 22.0 Å². The van der Waals surface area contributed by atoms with E-state index in [4.69, 9.17) is 30.5 Å². The maximum Gasteiger partial charge on any atom is 0.344 e. The topological polar surface area (TPSA) is 134 Å². The number of carbonyl (C=O) groups excluding carboxylic acids is 3. The third kappa shape index (κ3) is 6.41. The lowest BCUT2D eigenvalue weighted by atomic mass is 9.47. The zero-order chi connectivity index (χ0) is 47.6. The van der Waals surface area contributed by atoms with Gasteiger partial charge in [0.25, 0.3) is 0 Å². The van der Waals surface area contributed by atoms with Gasteiger partial charge >= 0.3 is 17.9 Å². The number of fused-ring (bicyclic) bond motifs is 6. The number of halogens is 3. The van der Waals surface area contributed by atoms with Crippen LogP contribution in [0, 0.1) is 17.3 Å². The molecule has 6 aliphatic rings. The summed E-state index contributed by atoms with van der Waals surface area (Å²) in [6.45, 7) is 6.65. The number of nitrogens with zero attached hydrogens (tertiary/aromatic N) is 3. The molecular weight excluding hydrogens is 882 g/mol. The number of hydrogen-bond acceptors (Lipinski definition) is 11. The number of likely N-dealkylation sites (N-methyl/N-ethyl adjacent to an activating group) is 1. The van der Waals surface area contributed by atoms with Crippen LogP contribution >= 0.6 is 11.6 Å². The number of piperidine rings is 1. The number of methoxy groups -OCH3 is 3. The first-order valence-electron chi connectivity index (χ1n) is 23.4. The molecule has 15 heteroatoms. The number of esters is 3. The fourth-order valence-corrected chi connectivity index (χ4v) is 14.4. The quantitative estimate of drug-likeness (QED) is 0.104. The highest BCUT2D eigenvalue weighted by Crippen LogP contribution is 2.68. The normalized spacial score (nSPS) is 33.1. The van der Waals surface area contributed by atoms with Gasteiger partial charge in [0.15, 0.2) is 6.10 Å². The highest BCUT2D eigenvalue weighted by molar-refractivity contribution is 6.30. The molecule has 6 heterocycles. The first-order chi connectivity index (χ1) is 31.9. The van der Waals surface area contributed by atoms with Crippen LogP contribution in [-0.4, -0.2) is 129 Å². The SMILES string of the molecule is CC[C@]12C=CCN3CC[C@@]4(c5cc([C@@]6(C(=O)OC)C[C@H]7C[C@@H](C(C)(F)F)CN(CCc8c6[nH]c6ccc(-c9ccc(Cl)cc9)cc86)C7)c(OC)cc5N(C)[C@H]4[C@@](O)(C(=O)OC)[C@@H]1OC(C)=O)[C@@H]32. The van der Waals surface area contributed by atoms with Crippen molar-refractivity contribution >= 4 is 46.1 Å². The number of aromatic amines is 1. The van der Waals surface area contributed by atoms with E-state index in [0.717, 1.165) is 40.1 Å². The molecule has 1 spiro atoms. The lowest BCUT2D eigenvalue weighted by Gasteiger charge is -2.63. The second-order valence-electron chi connectivity index (χ2n) is 20.1. The molecule has 0 radical (unpaired) electrons. The summed E-state index contributed by atoms with van der Waals surface area (Å²) in [7, 11) is 5.95. The van der Waals surface area contributed by atoms with Gasteiger partial charge in [0.1, 0.15) is 11.2 Å². The average molecular weight is 942 g/mol. The second kappa shape index (κ2) is 16.0. The van der Waals surface area contributed by atoms with Crippen molar-refractivity contribution < 1.29 is 47.2 Å². The molecule has 2 N–H and O–H groups in total. The summed E-state index contributed by atoms with van der Waals surface area (Å²) in [5, 5.41) is 14.9. The summed E-state index contributed by atoms with van der Waals surface area (Å²) in [4.78, 5) is 53.3. The Hall–Kier alpha value is -5.02. The summed E-state index contributed by atoms with van der Waals surface area (Å²) >= 11 is 6.30. The number of carbonyl (C=O) groups is 3. The predicted octanol–water partition coefficient (Wildman–Crippen LogP) is 7.44. The summed E-state index contributed by atoms with van der Waals surface area (Å²) in [5.74, 6) is -6.08. The molecule has 4 aromatic rings. The Bertz CT molecular complexity index is 2710. The molecule has 356 valence electrons. The number of nitrogens with one attached hydrogen (secondary N) is 1. The van der Waals surface area contributed by atoms with E-state index >= 15 is 13.6 Å². The van der Waals surface area contributed by atoms with E-state index in [1.54, 1.807) is 7.11 Å². The summed E-state index contributed by atoms with van der Waals surface area (Å²) in [6.07, 6.45) is 4.36. The van der Waals surface area contributed by atoms with Crippen molar-refractivity contribution in [1.29, 1.82) is 0 Å². The zero-order valence-electron chi connectivity index (χ0n) is 39.1. The van der Waals surface area contributed by atoms with Gasteiger partial charge in [0.2, 0.25) is 11.5 Å². The van der Waals surface area contributed by atoms with Crippen molar-refractivity contribution in [3.05, 3.63) is 94.2 Å². The second-order valence-corrected chi connectivity index (χ2v) is 20.5. The van der Waals surface area contributed by atoms with Gasteiger partial charge in [-0.2, -0.15) is 0 Å². The molecular formula is C52H59ClF2N4O8. The number of H-pyrrole nitrogens is 1. The average Bonchev–Trinajstić information content (AvgIpc) is 3.97. The van der Waals surface area contributed by atoms with Crippen LogP contribution in [0.15, 0.2) is 66.7 Å². The summed E-state index contributed by atoms with van der Waals surface area (Å²) in [5.41, 5.74) is 0.0460. The fourth-order valence-electron chi connectivity index (χ4n) is 14.3. The number of aliphatic hydroxyl groups is 1. The van der Waals surface area contributed by atoms with Crippen LogP contribution in [0.5, 0.6) is 5.75 Å². The van der Waals surface area contributed by atoms with Crippen LogP contribution < -0.4 is 9.64 Å². The third-order valence-corrected chi connectivity index (χ3v) is 17.1. The maximum absolute atomic E-state index is 15.6. The molecule has 3 aromatic carbocycles. The van der Waals surface area contributed by atoms with E-state index in [-0.39, 0.29) is 31.3 Å². The Balaban J connectivity index is 1.27. The van der Waals surface area contributed by atoms with Crippen molar-refractivity contribution in [3.8, 4) is 16.9 Å². The Labute approximate surface area is 394 Å². The molecule has 1 aromatic heterocycles. The van der Waals surface area contributed by atoms with Crippen LogP contribution in [0.1, 0.15) is 68.8 Å². The number of rotatable bonds is 8. The molecule has 2 saturated heterocycles. The minimum atomic E-state index is -2.96. The maximum atomic E-state index is 15.6. The molecule has 3 fully saturated rings. The Morgan fingerprint density at radius 2 is 1.69 bits per heavy atom. The monoisotopic (exact) mass is 940 g/mol. The minimum absolute atomic E-state index is 0.117. The van der Waals surface area contributed by atoms with E-state index in [2.05, 4.69) is 20.9 Å². The number of anilines is 1. The summed E-state index contributed by atoms with van der Waals surface area (Å²) < 4.78 is 55.1. The standard InChI is InChI=1S/C52H59ClF2N4O8/c1-8-49-17-9-19-59-21-18-50(43(49)59)37-24-38(41(64-5)25-40(37)57(4)44(50)52(63,47(62)66-7)45(49)67-29(2)60)51(46(61)65-6)26-30-22-33(48(3,54)55)28-58(27-30)20-16-35-36-23-32(12-15-39(36)56-42(35)51)31-10-13-34(53)14-11-31/h9-15,17,23-25,30,33,43-45,56,63H,8,16,18-22,26-28H2,1-7H3/t30-,33-,43+,44-,45-,49-,50-,51+,52+/m1/s1. The van der Waals surface area contributed by atoms with Gasteiger partial charge in [0.05, 0.1) is 27.4 Å². The molecule has 1 aliphatic carbocycles. The Morgan fingerprint density at radius 3 is 2.36 bits per heavy atom. The van der Waals surface area contributed by atoms with Crippen LogP contribution in [0.2, 0.25) is 5.02 Å². The molecule has 12 nitrogen and oxygen atoms in total. The fraction of sp³-hybridized carbons (Fsp3) is 0.519. The first kappa shape index (κ1) is 45.7. The van der Waals surface area contributed by atoms with Gasteiger partial charge in [-0.05, 0) is 104 Å². The van der Waals surface area contributed by atoms with Crippen molar-refractivity contribution in [2.45, 2.75) is 93.4 Å². The number of alkyl halides is 2. The van der Waals surface area contributed by atoms with Gasteiger partial charge in [0, 0.05) is 102 Å². The van der Waals surface area contributed by atoms with Crippen molar-refractivity contribution in [1.82, 2.24) is 14.8 Å². The van der Waals surface area contributed by atoms with Crippen LogP contribution in [0.4, 0.5) is 14.5 Å². The molecule has 67 heavy (non-hydrogen) atoms. The molecule has 0 amide bonds. The minimum Gasteiger partial charge on any atom is -0.496 e. The Kier molecular flexibility index (Phi) is 10.9. The van der Waals surface area contributed by atoms with Gasteiger partial charge in [-0.3, -0.25) is 14.5 Å². The zero-order valence-corrected chi connectivity index (χ0v) is 39.8. The number of benzene rings is 3. The largest absolute Gasteiger partial charge is 0.496 e. The third-order valence-electron chi connectivity index (χ3n) is 16.8. The molecule has 1 saturated carbocycles. The Morgan fingerprint density at radius 1 is 0.955 bits per heavy atom. The number of aromatic nitrogens is 1. The lowest BCUT2D eigenvalue weighted by Crippen LogP contribution is -2.81. The summed E-state index contributed by atoms with van der Waals surface area (Å²) in [6, 6.07) is 16.3. The van der Waals surface area contributed by atoms with Crippen molar-refractivity contribution in [2.24, 2.45) is 17.3 Å². The van der Waals surface area contributed by atoms with E-state index < -0.39 is 63.7 Å². The van der Waals surface area contributed by atoms with Gasteiger partial charge < -0.3 is 38.8 Å². The predicted molar refractivity (Wildman–Crippen MR) is 250 cm³/mol. The van der Waals surface area contributed by atoms with E-state index in [1.165, 1.54) is 21.1 Å². The molecule has 5 aliphatic heterocycles. The number of hydrogen-bond donors (Lipinski definition) is 2. The van der Waals surface area contributed by atoms with E-state index in [9.17, 15) is 14.7 Å². The van der Waals surface area contributed by atoms with Crippen LogP contribution in [0.3, 0.4) is 0 Å². The molecule has 10 rings (SSSR count). The van der Waals surface area contributed by atoms with Gasteiger partial charge in [-0.25, -0.2) is 13.6 Å². The highest BCUT2D eigenvalue weighted by atomic mass is 35.5. The number of ether oxygens (including phenoxy) is 4. The van der Waals surface area contributed by atoms with Crippen LogP contribution in [-0.2, 0) is 45.8 Å². The molecule has 1 unspecified atom stereocenters. The first-order valence-corrected chi connectivity index (χ1v) is 23.8. The smallest absolute Gasteiger partial charge is 0.344 e. The van der Waals surface area contributed by atoms with Crippen molar-refractivity contribution in [2.75, 3.05) is 66.0 Å². The molecule has 10 atom stereocenters. The van der Waals surface area contributed by atoms with E-state index in [0.29, 0.717) is 73.2 Å². The van der Waals surface area contributed by atoms with E-state index in [1.807, 2.05) is 79.6 Å².